The second kappa shape index (κ2) is 8.23. The third-order valence-corrected chi connectivity index (χ3v) is 4.83. The maximum atomic E-state index is 13.7. The number of rotatable bonds is 7. The van der Waals surface area contributed by atoms with Gasteiger partial charge in [-0.25, -0.2) is 4.79 Å². The quantitative estimate of drug-likeness (QED) is 0.675. The van der Waals surface area contributed by atoms with E-state index in [4.69, 9.17) is 9.47 Å². The molecule has 0 spiro atoms. The summed E-state index contributed by atoms with van der Waals surface area (Å²) >= 11 is 0. The largest absolute Gasteiger partial charge is 0.544 e. The lowest BCUT2D eigenvalue weighted by atomic mass is 9.86. The van der Waals surface area contributed by atoms with Crippen molar-refractivity contribution in [3.05, 3.63) is 29.8 Å². The highest BCUT2D eigenvalue weighted by molar-refractivity contribution is 5.90. The van der Waals surface area contributed by atoms with E-state index in [9.17, 15) is 23.5 Å². The van der Waals surface area contributed by atoms with Crippen molar-refractivity contribution in [3.8, 4) is 5.75 Å². The van der Waals surface area contributed by atoms with Crippen molar-refractivity contribution >= 4 is 11.9 Å². The highest BCUT2D eigenvalue weighted by Gasteiger charge is 2.46. The monoisotopic (exact) mass is 383 g/mol. The molecule has 0 radical (unpaired) electrons. The van der Waals surface area contributed by atoms with Crippen LogP contribution in [0.5, 0.6) is 5.75 Å². The molecule has 1 aliphatic carbocycles. The van der Waals surface area contributed by atoms with Crippen molar-refractivity contribution < 1.29 is 33.0 Å². The number of carboxylic acid groups (broad SMARTS) is 1. The van der Waals surface area contributed by atoms with E-state index in [1.54, 1.807) is 12.1 Å². The molecule has 1 aromatic rings. The standard InChI is InChI=1S/C20H26F2O5/c1-13(2)16(20(21,22)18(24)25)26-17(23)14-7-9-15(10-8-14)27-19(3)11-5-4-6-12-19/h7-10,13,16H,4-6,11-12H2,1-3H3,(H,24,25)/p-1. The summed E-state index contributed by atoms with van der Waals surface area (Å²) in [7, 11) is 0. The smallest absolute Gasteiger partial charge is 0.338 e. The van der Waals surface area contributed by atoms with Gasteiger partial charge < -0.3 is 19.4 Å². The van der Waals surface area contributed by atoms with E-state index in [-0.39, 0.29) is 11.2 Å². The van der Waals surface area contributed by atoms with Crippen LogP contribution in [-0.4, -0.2) is 29.6 Å². The highest BCUT2D eigenvalue weighted by atomic mass is 19.3. The fraction of sp³-hybridized carbons (Fsp3) is 0.600. The second-order valence-corrected chi connectivity index (χ2v) is 7.62. The first kappa shape index (κ1) is 21.1. The molecule has 1 saturated carbocycles. The molecule has 0 N–H and O–H groups in total. The lowest BCUT2D eigenvalue weighted by molar-refractivity contribution is -0.337. The van der Waals surface area contributed by atoms with Crippen molar-refractivity contribution in [1.82, 2.24) is 0 Å². The number of esters is 1. The van der Waals surface area contributed by atoms with Gasteiger partial charge >= 0.3 is 11.9 Å². The molecule has 0 amide bonds. The minimum absolute atomic E-state index is 0.0379. The normalized spacial score (nSPS) is 18.0. The van der Waals surface area contributed by atoms with Crippen molar-refractivity contribution in [2.75, 3.05) is 0 Å². The minimum Gasteiger partial charge on any atom is -0.544 e. The molecule has 1 aromatic carbocycles. The third-order valence-electron chi connectivity index (χ3n) is 4.83. The highest BCUT2D eigenvalue weighted by Crippen LogP contribution is 2.33. The zero-order valence-electron chi connectivity index (χ0n) is 15.8. The van der Waals surface area contributed by atoms with E-state index >= 15 is 0 Å². The van der Waals surface area contributed by atoms with E-state index in [2.05, 4.69) is 0 Å². The lowest BCUT2D eigenvalue weighted by Crippen LogP contribution is -2.53. The number of carboxylic acids is 1. The Morgan fingerprint density at radius 3 is 2.15 bits per heavy atom. The van der Waals surface area contributed by atoms with Gasteiger partial charge in [-0.15, -0.1) is 0 Å². The third kappa shape index (κ3) is 5.17. The van der Waals surface area contributed by atoms with Gasteiger partial charge in [-0.3, -0.25) is 0 Å². The molecule has 5 nitrogen and oxygen atoms in total. The van der Waals surface area contributed by atoms with Gasteiger partial charge in [0, 0.05) is 0 Å². The van der Waals surface area contributed by atoms with Crippen molar-refractivity contribution in [2.45, 2.75) is 70.5 Å². The summed E-state index contributed by atoms with van der Waals surface area (Å²) in [6, 6.07) is 5.99. The number of aliphatic carboxylic acids is 1. The van der Waals surface area contributed by atoms with Crippen LogP contribution in [0, 0.1) is 5.92 Å². The van der Waals surface area contributed by atoms with Gasteiger partial charge in [0.1, 0.15) is 17.3 Å². The SMILES string of the molecule is CC(C)C(OC(=O)c1ccc(OC2(C)CCCCC2)cc1)C(F)(F)C(=O)[O-]. The first-order valence-corrected chi connectivity index (χ1v) is 9.14. The molecule has 27 heavy (non-hydrogen) atoms. The first-order valence-electron chi connectivity index (χ1n) is 9.14. The molecule has 0 aromatic heterocycles. The van der Waals surface area contributed by atoms with Gasteiger partial charge in [0.15, 0.2) is 6.10 Å². The Morgan fingerprint density at radius 2 is 1.67 bits per heavy atom. The molecule has 0 heterocycles. The molecule has 1 atom stereocenters. The predicted octanol–water partition coefficient (Wildman–Crippen LogP) is 3.35. The Labute approximate surface area is 157 Å². The van der Waals surface area contributed by atoms with Crippen LogP contribution in [0.15, 0.2) is 24.3 Å². The number of halogens is 2. The van der Waals surface area contributed by atoms with Crippen LogP contribution >= 0.6 is 0 Å². The van der Waals surface area contributed by atoms with Gasteiger partial charge in [-0.1, -0.05) is 20.3 Å². The number of benzene rings is 1. The number of hydrogen-bond donors (Lipinski definition) is 0. The van der Waals surface area contributed by atoms with Gasteiger partial charge in [-0.05, 0) is 62.8 Å². The van der Waals surface area contributed by atoms with Gasteiger partial charge in [0.2, 0.25) is 0 Å². The number of carbonyl (C=O) groups excluding carboxylic acids is 2. The fourth-order valence-corrected chi connectivity index (χ4v) is 3.27. The van der Waals surface area contributed by atoms with Crippen LogP contribution in [-0.2, 0) is 9.53 Å². The molecule has 2 rings (SSSR count). The molecule has 7 heteroatoms. The van der Waals surface area contributed by atoms with E-state index in [1.165, 1.54) is 32.4 Å². The zero-order valence-corrected chi connectivity index (χ0v) is 15.8. The molecular weight excluding hydrogens is 358 g/mol. The average molecular weight is 383 g/mol. The van der Waals surface area contributed by atoms with Crippen LogP contribution in [0.25, 0.3) is 0 Å². The predicted molar refractivity (Wildman–Crippen MR) is 92.6 cm³/mol. The van der Waals surface area contributed by atoms with Gasteiger partial charge in [-0.2, -0.15) is 8.78 Å². The van der Waals surface area contributed by atoms with Gasteiger partial charge in [0.25, 0.3) is 0 Å². The van der Waals surface area contributed by atoms with Crippen molar-refractivity contribution in [1.29, 1.82) is 0 Å². The van der Waals surface area contributed by atoms with Crippen LogP contribution in [0.1, 0.15) is 63.2 Å². The molecule has 1 fully saturated rings. The lowest BCUT2D eigenvalue weighted by Gasteiger charge is -2.34. The topological polar surface area (TPSA) is 75.7 Å². The average Bonchev–Trinajstić information content (AvgIpc) is 2.59. The summed E-state index contributed by atoms with van der Waals surface area (Å²) in [5.41, 5.74) is -0.213. The maximum absolute atomic E-state index is 13.7. The summed E-state index contributed by atoms with van der Waals surface area (Å²) < 4.78 is 38.3. The zero-order chi connectivity index (χ0) is 20.2. The number of alkyl halides is 2. The molecule has 0 saturated heterocycles. The van der Waals surface area contributed by atoms with Gasteiger partial charge in [0.05, 0.1) is 5.56 Å². The van der Waals surface area contributed by atoms with E-state index in [0.717, 1.165) is 25.7 Å². The van der Waals surface area contributed by atoms with Crippen molar-refractivity contribution in [2.24, 2.45) is 5.92 Å². The van der Waals surface area contributed by atoms with Crippen LogP contribution in [0.3, 0.4) is 0 Å². The molecular formula is C20H25F2O5-. The van der Waals surface area contributed by atoms with E-state index < -0.39 is 29.9 Å². The number of carbonyl (C=O) groups is 2. The molecule has 1 aliphatic rings. The van der Waals surface area contributed by atoms with Crippen LogP contribution < -0.4 is 9.84 Å². The fourth-order valence-electron chi connectivity index (χ4n) is 3.27. The Bertz CT molecular complexity index is 663. The van der Waals surface area contributed by atoms with Crippen LogP contribution in [0.2, 0.25) is 0 Å². The Kier molecular flexibility index (Phi) is 6.44. The molecule has 150 valence electrons. The minimum atomic E-state index is -4.28. The second-order valence-electron chi connectivity index (χ2n) is 7.62. The molecule has 0 aliphatic heterocycles. The number of hydrogen-bond acceptors (Lipinski definition) is 5. The summed E-state index contributed by atoms with van der Waals surface area (Å²) in [5, 5.41) is 10.7. The van der Waals surface area contributed by atoms with Crippen LogP contribution in [0.4, 0.5) is 8.78 Å². The summed E-state index contributed by atoms with van der Waals surface area (Å²) in [6.07, 6.45) is 3.18. The summed E-state index contributed by atoms with van der Waals surface area (Å²) in [4.78, 5) is 22.9. The molecule has 0 bridgehead atoms. The summed E-state index contributed by atoms with van der Waals surface area (Å²) in [6.45, 7) is 4.73. The van der Waals surface area contributed by atoms with E-state index in [1.807, 2.05) is 6.92 Å². The Morgan fingerprint density at radius 1 is 1.11 bits per heavy atom. The first-order chi connectivity index (χ1) is 12.5. The Hall–Kier alpha value is -2.18. The molecule has 1 unspecified atom stereocenters. The maximum Gasteiger partial charge on any atom is 0.338 e. The van der Waals surface area contributed by atoms with E-state index in [0.29, 0.717) is 5.75 Å². The van der Waals surface area contributed by atoms with Crippen molar-refractivity contribution in [3.63, 3.8) is 0 Å². The number of ether oxygens (including phenoxy) is 2. The Balaban J connectivity index is 2.07. The summed E-state index contributed by atoms with van der Waals surface area (Å²) in [5.74, 6) is -8.20.